The minimum absolute atomic E-state index is 0.0621. The topological polar surface area (TPSA) is 0 Å². The first-order valence-electron chi connectivity index (χ1n) is 50.3. The third kappa shape index (κ3) is 16.4. The Morgan fingerprint density at radius 1 is 0.224 bits per heavy atom. The number of rotatable bonds is 20. The lowest BCUT2D eigenvalue weighted by Gasteiger charge is -2.34. The summed E-state index contributed by atoms with van der Waals surface area (Å²) < 4.78 is 0. The second-order valence-electron chi connectivity index (χ2n) is 43.7. The van der Waals surface area contributed by atoms with Gasteiger partial charge in [-0.2, -0.15) is 0 Å². The summed E-state index contributed by atoms with van der Waals surface area (Å²) in [5, 5.41) is 0. The van der Waals surface area contributed by atoms with Crippen molar-refractivity contribution in [3.05, 3.63) is 70.8 Å². The van der Waals surface area contributed by atoms with E-state index in [9.17, 15) is 0 Å². The average Bonchev–Trinajstić information content (AvgIpc) is 1.65. The van der Waals surface area contributed by atoms with Gasteiger partial charge in [0.25, 0.3) is 0 Å². The Kier molecular flexibility index (Phi) is 28.1. The van der Waals surface area contributed by atoms with E-state index in [4.69, 9.17) is 0 Å². The molecule has 18 saturated carbocycles. The van der Waals surface area contributed by atoms with Crippen molar-refractivity contribution in [1.29, 1.82) is 0 Å². The van der Waals surface area contributed by atoms with Gasteiger partial charge in [0.2, 0.25) is 0 Å². The molecule has 18 aliphatic rings. The van der Waals surface area contributed by atoms with Crippen LogP contribution in [0.3, 0.4) is 0 Å². The van der Waals surface area contributed by atoms with Crippen LogP contribution in [0, 0.1) is 213 Å². The number of fused-ring (bicyclic) bond motifs is 30. The van der Waals surface area contributed by atoms with Crippen molar-refractivity contribution in [2.45, 2.75) is 386 Å². The normalized spacial score (nSPS) is 45.9. The van der Waals surface area contributed by atoms with E-state index in [1.807, 2.05) is 0 Å². The van der Waals surface area contributed by atoms with Crippen LogP contribution in [0.1, 0.15) is 390 Å². The molecule has 0 N–H and O–H groups in total. The third-order valence-corrected chi connectivity index (χ3v) is 40.0. The molecule has 0 nitrogen and oxygen atoms in total. The minimum atomic E-state index is 0.0621. The Morgan fingerprint density at radius 2 is 0.486 bits per heavy atom. The fraction of sp³-hybridized carbons (Fsp3) is 0.888. The zero-order chi connectivity index (χ0) is 74.9. The first kappa shape index (κ1) is 82.0. The van der Waals surface area contributed by atoms with Crippen LogP contribution in [0.2, 0.25) is 0 Å². The molecule has 107 heavy (non-hydrogen) atoms. The zero-order valence-electron chi connectivity index (χ0n) is 73.6. The standard InChI is InChI=1S/C23H32.6C14H24/c1-5-7-9-19-11-15-21(16-12-19)23(3,4)22-17-13-20(14-18-22)10-8-6-2;2*1-3-9-5-12-11-7-10(4-2)13(8-11)14(12)6-9;2*1-3-9-5-6-12-13-8-11(14(9)12)7-10(13)4-2;2*1-3-9-5-6-12-11-7-10(4-2)13(8-11)14(9)12/h11-18H,5-10H2,1-4H3;6*9-14H,3-8H2,1-2H3. The molecular weight excluding hydrogens is 1290 g/mol. The predicted octanol–water partition coefficient (Wildman–Crippen LogP) is 31.3. The van der Waals surface area contributed by atoms with Gasteiger partial charge in [0.1, 0.15) is 0 Å². The highest BCUT2D eigenvalue weighted by atomic mass is 14.7. The molecule has 20 rings (SSSR count). The molecule has 36 atom stereocenters. The molecule has 12 bridgehead atoms. The molecule has 0 saturated heterocycles. The van der Waals surface area contributed by atoms with E-state index in [1.165, 1.54) is 209 Å². The predicted molar refractivity (Wildman–Crippen MR) is 462 cm³/mol. The summed E-state index contributed by atoms with van der Waals surface area (Å²) >= 11 is 0. The van der Waals surface area contributed by atoms with Crippen molar-refractivity contribution in [3.8, 4) is 0 Å². The SMILES string of the molecule is CCC1CC2C3CC(CC)C(C3)C2C1.CCC1CC2C3CC(CC)C(C3)C2C1.CCC1CC2CC1C1C(CC)CCC21.CCC1CC2CC1C1C(CC)CCC21.CCC1CC2CC1C1CCC(CC)C21.CCC1CC2CC1C1CCC(CC)C21.CCCCc1ccc(C(C)(C)c2ccc(CCCC)cc2)cc1. The van der Waals surface area contributed by atoms with Crippen molar-refractivity contribution < 1.29 is 0 Å². The Balaban J connectivity index is 0.000000105. The Hall–Kier alpha value is -1.56. The van der Waals surface area contributed by atoms with Gasteiger partial charge < -0.3 is 0 Å². The lowest BCUT2D eigenvalue weighted by Crippen LogP contribution is -2.27. The molecule has 2 aromatic carbocycles. The number of aryl methyl sites for hydroxylation is 2. The fourth-order valence-electron chi connectivity index (χ4n) is 34.7. The van der Waals surface area contributed by atoms with E-state index in [2.05, 4.69) is 159 Å². The van der Waals surface area contributed by atoms with Gasteiger partial charge in [-0.15, -0.1) is 0 Å². The van der Waals surface area contributed by atoms with Gasteiger partial charge in [0, 0.05) is 5.41 Å². The van der Waals surface area contributed by atoms with Crippen LogP contribution in [0.25, 0.3) is 0 Å². The highest BCUT2D eigenvalue weighted by Gasteiger charge is 2.61. The summed E-state index contributed by atoms with van der Waals surface area (Å²) in [5.74, 6) is 41.4. The van der Waals surface area contributed by atoms with Gasteiger partial charge in [-0.3, -0.25) is 0 Å². The fourth-order valence-corrected chi connectivity index (χ4v) is 34.7. The lowest BCUT2D eigenvalue weighted by molar-refractivity contribution is 0.148. The maximum atomic E-state index is 2.42. The molecule has 0 amide bonds. The second-order valence-corrected chi connectivity index (χ2v) is 43.7. The van der Waals surface area contributed by atoms with E-state index in [-0.39, 0.29) is 5.41 Å². The van der Waals surface area contributed by atoms with Gasteiger partial charge in [0.05, 0.1) is 0 Å². The van der Waals surface area contributed by atoms with E-state index < -0.39 is 0 Å². The molecule has 2 aromatic rings. The molecule has 0 radical (unpaired) electrons. The summed E-state index contributed by atoms with van der Waals surface area (Å²) in [6, 6.07) is 18.5. The van der Waals surface area contributed by atoms with Crippen molar-refractivity contribution >= 4 is 0 Å². The van der Waals surface area contributed by atoms with Crippen LogP contribution in [0.5, 0.6) is 0 Å². The quantitative estimate of drug-likeness (QED) is 0.124. The maximum absolute atomic E-state index is 2.42. The molecule has 0 heterocycles. The van der Waals surface area contributed by atoms with Crippen molar-refractivity contribution in [1.82, 2.24) is 0 Å². The number of benzene rings is 2. The molecule has 0 spiro atoms. The molecule has 0 aromatic heterocycles. The number of unbranched alkanes of at least 4 members (excludes halogenated alkanes) is 2. The first-order chi connectivity index (χ1) is 52.1. The Labute approximate surface area is 665 Å². The van der Waals surface area contributed by atoms with E-state index in [0.29, 0.717) is 0 Å². The molecule has 18 fully saturated rings. The van der Waals surface area contributed by atoms with Crippen LogP contribution in [0.4, 0.5) is 0 Å². The third-order valence-electron chi connectivity index (χ3n) is 40.0. The van der Waals surface area contributed by atoms with E-state index in [0.717, 1.165) is 142 Å². The molecule has 0 aliphatic heterocycles. The number of hydrogen-bond acceptors (Lipinski definition) is 0. The lowest BCUT2D eigenvalue weighted by atomic mass is 9.71. The van der Waals surface area contributed by atoms with Crippen molar-refractivity contribution in [2.24, 2.45) is 213 Å². The van der Waals surface area contributed by atoms with Gasteiger partial charge >= 0.3 is 0 Å². The van der Waals surface area contributed by atoms with Gasteiger partial charge in [-0.05, 0) is 415 Å². The first-order valence-corrected chi connectivity index (χ1v) is 50.3. The summed E-state index contributed by atoms with van der Waals surface area (Å²) in [6.45, 7) is 38.1. The van der Waals surface area contributed by atoms with Crippen LogP contribution < -0.4 is 0 Å². The monoisotopic (exact) mass is 1460 g/mol. The summed E-state index contributed by atoms with van der Waals surface area (Å²) in [7, 11) is 0. The minimum Gasteiger partial charge on any atom is -0.0654 e. The molecule has 604 valence electrons. The molecule has 0 heteroatoms. The maximum Gasteiger partial charge on any atom is 0.0146 e. The Bertz CT molecular complexity index is 2750. The zero-order valence-corrected chi connectivity index (χ0v) is 73.6. The second kappa shape index (κ2) is 36.7. The largest absolute Gasteiger partial charge is 0.0654 e. The average molecular weight is 1460 g/mol. The molecule has 36 unspecified atom stereocenters. The Morgan fingerprint density at radius 3 is 0.804 bits per heavy atom. The summed E-state index contributed by atoms with van der Waals surface area (Å²) in [4.78, 5) is 0. The van der Waals surface area contributed by atoms with Gasteiger partial charge in [0.15, 0.2) is 0 Å². The van der Waals surface area contributed by atoms with E-state index in [1.54, 1.807) is 154 Å². The smallest absolute Gasteiger partial charge is 0.0146 e. The number of hydrogen-bond donors (Lipinski definition) is 0. The molecule has 18 aliphatic carbocycles. The summed E-state index contributed by atoms with van der Waals surface area (Å²) in [6.07, 6.45) is 63.2. The van der Waals surface area contributed by atoms with Crippen LogP contribution >= 0.6 is 0 Å². The van der Waals surface area contributed by atoms with Crippen LogP contribution in [0.15, 0.2) is 48.5 Å². The van der Waals surface area contributed by atoms with Crippen molar-refractivity contribution in [2.75, 3.05) is 0 Å². The van der Waals surface area contributed by atoms with Gasteiger partial charge in [-0.1, -0.05) is 249 Å². The summed E-state index contributed by atoms with van der Waals surface area (Å²) in [5.41, 5.74) is 5.78. The van der Waals surface area contributed by atoms with E-state index >= 15 is 0 Å². The highest BCUT2D eigenvalue weighted by molar-refractivity contribution is 5.40. The van der Waals surface area contributed by atoms with Crippen LogP contribution in [-0.2, 0) is 18.3 Å². The van der Waals surface area contributed by atoms with Gasteiger partial charge in [-0.25, -0.2) is 0 Å². The molecular formula is C107H176. The van der Waals surface area contributed by atoms with Crippen molar-refractivity contribution in [3.63, 3.8) is 0 Å². The highest BCUT2D eigenvalue weighted by Crippen LogP contribution is 2.69. The van der Waals surface area contributed by atoms with Crippen LogP contribution in [-0.4, -0.2) is 0 Å².